The summed E-state index contributed by atoms with van der Waals surface area (Å²) < 4.78 is 0. The number of carboxylic acid groups (broad SMARTS) is 1. The zero-order chi connectivity index (χ0) is 18.2. The van der Waals surface area contributed by atoms with Gasteiger partial charge in [-0.2, -0.15) is 0 Å². The fraction of sp³-hybridized carbons (Fsp3) is 0.435. The van der Waals surface area contributed by atoms with E-state index in [1.165, 1.54) is 65.9 Å². The van der Waals surface area contributed by atoms with E-state index in [0.29, 0.717) is 6.42 Å². The van der Waals surface area contributed by atoms with Crippen LogP contribution in [-0.4, -0.2) is 16.1 Å². The summed E-state index contributed by atoms with van der Waals surface area (Å²) in [5.74, 6) is -0.671. The van der Waals surface area contributed by atoms with Crippen LogP contribution in [0.1, 0.15) is 63.4 Å². The van der Waals surface area contributed by atoms with Crippen molar-refractivity contribution in [2.24, 2.45) is 0 Å². The van der Waals surface area contributed by atoms with Crippen molar-refractivity contribution in [2.75, 3.05) is 0 Å². The summed E-state index contributed by atoms with van der Waals surface area (Å²) in [6.45, 7) is 0. The minimum absolute atomic E-state index is 0.319. The van der Waals surface area contributed by atoms with E-state index in [1.807, 2.05) is 0 Å². The van der Waals surface area contributed by atoms with Gasteiger partial charge in [-0.3, -0.25) is 4.79 Å². The molecular formula is C23H29NO2. The fourth-order valence-corrected chi connectivity index (χ4v) is 3.79. The van der Waals surface area contributed by atoms with Gasteiger partial charge in [-0.1, -0.05) is 74.9 Å². The number of carbonyl (C=O) groups is 1. The van der Waals surface area contributed by atoms with Crippen LogP contribution >= 0.6 is 0 Å². The molecule has 0 aliphatic rings. The van der Waals surface area contributed by atoms with Crippen LogP contribution in [0.25, 0.3) is 21.8 Å². The van der Waals surface area contributed by atoms with Crippen LogP contribution in [0.4, 0.5) is 0 Å². The number of fused-ring (bicyclic) bond motifs is 3. The topological polar surface area (TPSA) is 53.1 Å². The molecule has 0 unspecified atom stereocenters. The number of unbranched alkanes of at least 4 members (excludes halogenated alkanes) is 7. The molecule has 1 heterocycles. The summed E-state index contributed by atoms with van der Waals surface area (Å²) >= 11 is 0. The smallest absolute Gasteiger partial charge is 0.303 e. The van der Waals surface area contributed by atoms with Crippen molar-refractivity contribution < 1.29 is 9.90 Å². The van der Waals surface area contributed by atoms with E-state index in [9.17, 15) is 4.79 Å². The summed E-state index contributed by atoms with van der Waals surface area (Å²) in [6, 6.07) is 15.2. The van der Waals surface area contributed by atoms with Gasteiger partial charge in [-0.25, -0.2) is 0 Å². The molecule has 0 radical (unpaired) electrons. The molecule has 3 rings (SSSR count). The van der Waals surface area contributed by atoms with E-state index in [-0.39, 0.29) is 0 Å². The molecule has 0 fully saturated rings. The van der Waals surface area contributed by atoms with Crippen LogP contribution in [-0.2, 0) is 11.2 Å². The first-order valence-electron chi connectivity index (χ1n) is 9.96. The van der Waals surface area contributed by atoms with Gasteiger partial charge in [0, 0.05) is 28.2 Å². The second kappa shape index (κ2) is 9.42. The first-order valence-corrected chi connectivity index (χ1v) is 9.96. The van der Waals surface area contributed by atoms with Crippen LogP contribution in [0.2, 0.25) is 0 Å². The molecule has 0 bridgehead atoms. The van der Waals surface area contributed by atoms with Gasteiger partial charge in [-0.15, -0.1) is 0 Å². The lowest BCUT2D eigenvalue weighted by molar-refractivity contribution is -0.137. The lowest BCUT2D eigenvalue weighted by Crippen LogP contribution is -1.93. The number of nitrogens with one attached hydrogen (secondary N) is 1. The highest BCUT2D eigenvalue weighted by molar-refractivity contribution is 6.08. The Kier molecular flexibility index (Phi) is 6.70. The Hall–Kier alpha value is -2.29. The molecule has 0 spiro atoms. The Balaban J connectivity index is 1.40. The number of rotatable bonds is 11. The SMILES string of the molecule is O=C(O)CCCCCCCCCCc1cccc2c1[nH]c1ccccc12. The Morgan fingerprint density at radius 2 is 1.42 bits per heavy atom. The number of aromatic nitrogens is 1. The van der Waals surface area contributed by atoms with Gasteiger partial charge in [0.2, 0.25) is 0 Å². The minimum Gasteiger partial charge on any atom is -0.481 e. The molecule has 2 aromatic carbocycles. The Bertz CT molecular complexity index is 850. The lowest BCUT2D eigenvalue weighted by atomic mass is 10.0. The van der Waals surface area contributed by atoms with E-state index in [4.69, 9.17) is 5.11 Å². The van der Waals surface area contributed by atoms with Gasteiger partial charge in [0.15, 0.2) is 0 Å². The molecule has 26 heavy (non-hydrogen) atoms. The highest BCUT2D eigenvalue weighted by atomic mass is 16.4. The molecule has 138 valence electrons. The van der Waals surface area contributed by atoms with E-state index < -0.39 is 5.97 Å². The molecule has 0 aliphatic carbocycles. The maximum atomic E-state index is 10.5. The minimum atomic E-state index is -0.671. The predicted octanol–water partition coefficient (Wildman–Crippen LogP) is 6.46. The van der Waals surface area contributed by atoms with Crippen molar-refractivity contribution in [3.05, 3.63) is 48.0 Å². The van der Waals surface area contributed by atoms with Crippen LogP contribution in [0.3, 0.4) is 0 Å². The number of benzene rings is 2. The summed E-state index contributed by atoms with van der Waals surface area (Å²) in [5, 5.41) is 11.3. The second-order valence-corrected chi connectivity index (χ2v) is 7.23. The molecule has 0 aliphatic heterocycles. The number of H-pyrrole nitrogens is 1. The third kappa shape index (κ3) is 4.87. The number of carboxylic acids is 1. The summed E-state index contributed by atoms with van der Waals surface area (Å²) in [7, 11) is 0. The third-order valence-corrected chi connectivity index (χ3v) is 5.21. The largest absolute Gasteiger partial charge is 0.481 e. The number of aryl methyl sites for hydroxylation is 1. The van der Waals surface area contributed by atoms with E-state index in [0.717, 1.165) is 19.3 Å². The maximum Gasteiger partial charge on any atom is 0.303 e. The van der Waals surface area contributed by atoms with Crippen LogP contribution in [0.15, 0.2) is 42.5 Å². The molecular weight excluding hydrogens is 322 g/mol. The van der Waals surface area contributed by atoms with Gasteiger partial charge in [0.1, 0.15) is 0 Å². The van der Waals surface area contributed by atoms with Crippen LogP contribution in [0, 0.1) is 0 Å². The first kappa shape index (κ1) is 18.5. The van der Waals surface area contributed by atoms with Crippen molar-refractivity contribution in [1.29, 1.82) is 0 Å². The molecule has 0 amide bonds. The van der Waals surface area contributed by atoms with Crippen molar-refractivity contribution in [3.63, 3.8) is 0 Å². The normalized spacial score (nSPS) is 11.4. The molecule has 3 nitrogen and oxygen atoms in total. The van der Waals surface area contributed by atoms with E-state index >= 15 is 0 Å². The number of aromatic amines is 1. The second-order valence-electron chi connectivity index (χ2n) is 7.23. The van der Waals surface area contributed by atoms with Crippen LogP contribution < -0.4 is 0 Å². The monoisotopic (exact) mass is 351 g/mol. The van der Waals surface area contributed by atoms with Gasteiger partial charge < -0.3 is 10.1 Å². The zero-order valence-corrected chi connectivity index (χ0v) is 15.5. The summed E-state index contributed by atoms with van der Waals surface area (Å²) in [4.78, 5) is 14.0. The molecule has 2 N–H and O–H groups in total. The van der Waals surface area contributed by atoms with Gasteiger partial charge in [-0.05, 0) is 30.9 Å². The van der Waals surface area contributed by atoms with Gasteiger partial charge in [0.25, 0.3) is 0 Å². The molecule has 0 saturated carbocycles. The molecule has 3 heteroatoms. The Labute approximate surface area is 155 Å². The maximum absolute atomic E-state index is 10.5. The standard InChI is InChI=1S/C23H29NO2/c25-22(26)17-8-6-4-2-1-3-5-7-12-18-13-11-15-20-19-14-9-10-16-21(19)24-23(18)20/h9-11,13-16,24H,1-8,12,17H2,(H,25,26). The Morgan fingerprint density at radius 3 is 2.19 bits per heavy atom. The number of hydrogen-bond acceptors (Lipinski definition) is 1. The van der Waals surface area contributed by atoms with Crippen molar-refractivity contribution in [3.8, 4) is 0 Å². The van der Waals surface area contributed by atoms with Crippen molar-refractivity contribution >= 4 is 27.8 Å². The zero-order valence-electron chi connectivity index (χ0n) is 15.5. The highest BCUT2D eigenvalue weighted by Gasteiger charge is 2.07. The first-order chi connectivity index (χ1) is 12.8. The average molecular weight is 351 g/mol. The van der Waals surface area contributed by atoms with Crippen molar-refractivity contribution in [2.45, 2.75) is 64.2 Å². The van der Waals surface area contributed by atoms with Gasteiger partial charge in [0.05, 0.1) is 0 Å². The van der Waals surface area contributed by atoms with Crippen molar-refractivity contribution in [1.82, 2.24) is 4.98 Å². The Morgan fingerprint density at radius 1 is 0.769 bits per heavy atom. The van der Waals surface area contributed by atoms with E-state index in [1.54, 1.807) is 0 Å². The highest BCUT2D eigenvalue weighted by Crippen LogP contribution is 2.28. The fourth-order valence-electron chi connectivity index (χ4n) is 3.79. The molecule has 1 aromatic heterocycles. The third-order valence-electron chi connectivity index (χ3n) is 5.21. The number of aliphatic carboxylic acids is 1. The number of hydrogen-bond donors (Lipinski definition) is 2. The molecule has 0 atom stereocenters. The summed E-state index contributed by atoms with van der Waals surface area (Å²) in [6.07, 6.45) is 10.8. The van der Waals surface area contributed by atoms with Gasteiger partial charge >= 0.3 is 5.97 Å². The molecule has 0 saturated heterocycles. The molecule has 3 aromatic rings. The summed E-state index contributed by atoms with van der Waals surface area (Å²) in [5.41, 5.74) is 3.94. The van der Waals surface area contributed by atoms with Crippen LogP contribution in [0.5, 0.6) is 0 Å². The lowest BCUT2D eigenvalue weighted by Gasteiger charge is -2.04. The quantitative estimate of drug-likeness (QED) is 0.389. The predicted molar refractivity (Wildman–Crippen MR) is 109 cm³/mol. The van der Waals surface area contributed by atoms with E-state index in [2.05, 4.69) is 47.4 Å². The average Bonchev–Trinajstić information content (AvgIpc) is 3.02. The number of para-hydroxylation sites is 2.